The van der Waals surface area contributed by atoms with Gasteiger partial charge >= 0.3 is 0 Å². The van der Waals surface area contributed by atoms with Crippen LogP contribution < -0.4 is 10.1 Å². The summed E-state index contributed by atoms with van der Waals surface area (Å²) < 4.78 is 5.75. The zero-order chi connectivity index (χ0) is 16.8. The van der Waals surface area contributed by atoms with Crippen LogP contribution in [0.4, 0.5) is 0 Å². The zero-order valence-corrected chi connectivity index (χ0v) is 15.0. The van der Waals surface area contributed by atoms with Crippen molar-refractivity contribution in [1.82, 2.24) is 5.32 Å². The molecule has 0 saturated carbocycles. The van der Waals surface area contributed by atoms with Gasteiger partial charge in [-0.1, -0.05) is 23.3 Å². The van der Waals surface area contributed by atoms with Crippen LogP contribution >= 0.6 is 11.6 Å². The molecule has 126 valence electrons. The summed E-state index contributed by atoms with van der Waals surface area (Å²) in [6.45, 7) is 6.32. The van der Waals surface area contributed by atoms with Crippen molar-refractivity contribution in [2.45, 2.75) is 59.0 Å². The van der Waals surface area contributed by atoms with Crippen LogP contribution in [0.25, 0.3) is 0 Å². The van der Waals surface area contributed by atoms with Crippen molar-refractivity contribution in [1.29, 1.82) is 0 Å². The van der Waals surface area contributed by atoms with Gasteiger partial charge in [-0.3, -0.25) is 4.79 Å². The minimum absolute atomic E-state index is 0.0772. The maximum atomic E-state index is 12.1. The molecule has 2 rings (SSSR count). The van der Waals surface area contributed by atoms with E-state index in [1.54, 1.807) is 6.92 Å². The van der Waals surface area contributed by atoms with E-state index in [2.05, 4.69) is 11.4 Å². The molecule has 0 spiro atoms. The van der Waals surface area contributed by atoms with Crippen molar-refractivity contribution in [2.24, 2.45) is 0 Å². The lowest BCUT2D eigenvalue weighted by Crippen LogP contribution is -2.37. The molecule has 0 fully saturated rings. The number of hydrogen-bond donors (Lipinski definition) is 1. The molecule has 1 aliphatic carbocycles. The largest absolute Gasteiger partial charge is 0.481 e. The first-order chi connectivity index (χ1) is 11.0. The Hall–Kier alpha value is -1.48. The number of benzene rings is 1. The molecule has 0 aliphatic heterocycles. The van der Waals surface area contributed by atoms with Gasteiger partial charge in [0.15, 0.2) is 6.10 Å². The molecule has 1 N–H and O–H groups in total. The Morgan fingerprint density at radius 1 is 1.30 bits per heavy atom. The molecular formula is C19H26ClNO2. The summed E-state index contributed by atoms with van der Waals surface area (Å²) in [5, 5.41) is 3.71. The van der Waals surface area contributed by atoms with E-state index < -0.39 is 6.10 Å². The van der Waals surface area contributed by atoms with Crippen LogP contribution in [-0.4, -0.2) is 18.6 Å². The Morgan fingerprint density at radius 3 is 2.61 bits per heavy atom. The van der Waals surface area contributed by atoms with Gasteiger partial charge in [0.1, 0.15) is 5.75 Å². The standard InChI is InChI=1S/C19H26ClNO2/c1-13-11-17(12-14(2)18(13)20)23-15(3)19(22)21-10-9-16-7-5-4-6-8-16/h7,11-12,15H,4-6,8-10H2,1-3H3,(H,21,22)/t15-/m0/s1. The molecular weight excluding hydrogens is 310 g/mol. The molecule has 1 atom stereocenters. The third kappa shape index (κ3) is 5.28. The molecule has 1 aromatic rings. The van der Waals surface area contributed by atoms with Gasteiger partial charge in [0.25, 0.3) is 5.91 Å². The van der Waals surface area contributed by atoms with Gasteiger partial charge in [-0.25, -0.2) is 0 Å². The number of carbonyl (C=O) groups excluding carboxylic acids is 1. The maximum absolute atomic E-state index is 12.1. The normalized spacial score (nSPS) is 15.7. The highest BCUT2D eigenvalue weighted by molar-refractivity contribution is 6.32. The summed E-state index contributed by atoms with van der Waals surface area (Å²) in [6, 6.07) is 3.73. The molecule has 23 heavy (non-hydrogen) atoms. The number of hydrogen-bond acceptors (Lipinski definition) is 2. The topological polar surface area (TPSA) is 38.3 Å². The fourth-order valence-electron chi connectivity index (χ4n) is 2.85. The molecule has 3 nitrogen and oxygen atoms in total. The number of amides is 1. The molecule has 0 saturated heterocycles. The molecule has 0 aromatic heterocycles. The van der Waals surface area contributed by atoms with Gasteiger partial charge in [-0.15, -0.1) is 0 Å². The van der Waals surface area contributed by atoms with Gasteiger partial charge in [0.05, 0.1) is 0 Å². The smallest absolute Gasteiger partial charge is 0.260 e. The molecule has 4 heteroatoms. The average Bonchev–Trinajstić information content (AvgIpc) is 2.53. The Kier molecular flexibility index (Phi) is 6.52. The highest BCUT2D eigenvalue weighted by atomic mass is 35.5. The van der Waals surface area contributed by atoms with Crippen molar-refractivity contribution in [3.8, 4) is 5.75 Å². The first-order valence-corrected chi connectivity index (χ1v) is 8.74. The summed E-state index contributed by atoms with van der Waals surface area (Å²) >= 11 is 6.15. The van der Waals surface area contributed by atoms with Crippen LogP contribution in [0.2, 0.25) is 5.02 Å². The van der Waals surface area contributed by atoms with Gasteiger partial charge in [0.2, 0.25) is 0 Å². The Balaban J connectivity index is 1.81. The Bertz CT molecular complexity index is 572. The quantitative estimate of drug-likeness (QED) is 0.763. The lowest BCUT2D eigenvalue weighted by atomic mass is 9.97. The summed E-state index contributed by atoms with van der Waals surface area (Å²) in [5.74, 6) is 0.605. The molecule has 0 radical (unpaired) electrons. The number of carbonyl (C=O) groups is 1. The predicted molar refractivity (Wildman–Crippen MR) is 95.2 cm³/mol. The molecule has 1 aromatic carbocycles. The van der Waals surface area contributed by atoms with Crippen molar-refractivity contribution in [3.63, 3.8) is 0 Å². The number of allylic oxidation sites excluding steroid dienone is 1. The number of aryl methyl sites for hydroxylation is 2. The highest BCUT2D eigenvalue weighted by Gasteiger charge is 2.15. The lowest BCUT2D eigenvalue weighted by Gasteiger charge is -2.17. The third-order valence-corrected chi connectivity index (χ3v) is 4.82. The van der Waals surface area contributed by atoms with Crippen LogP contribution in [0.15, 0.2) is 23.8 Å². The zero-order valence-electron chi connectivity index (χ0n) is 14.2. The molecule has 0 heterocycles. The van der Waals surface area contributed by atoms with E-state index in [0.717, 1.165) is 22.6 Å². The molecule has 1 aliphatic rings. The van der Waals surface area contributed by atoms with Crippen molar-refractivity contribution < 1.29 is 9.53 Å². The van der Waals surface area contributed by atoms with E-state index in [4.69, 9.17) is 16.3 Å². The van der Waals surface area contributed by atoms with Crippen LogP contribution in [0, 0.1) is 13.8 Å². The summed E-state index contributed by atoms with van der Waals surface area (Å²) in [7, 11) is 0. The number of rotatable bonds is 6. The van der Waals surface area contributed by atoms with Crippen LogP contribution in [0.3, 0.4) is 0 Å². The fourth-order valence-corrected chi connectivity index (χ4v) is 2.96. The number of nitrogens with one attached hydrogen (secondary N) is 1. The van der Waals surface area contributed by atoms with E-state index in [1.807, 2.05) is 26.0 Å². The summed E-state index contributed by atoms with van der Waals surface area (Å²) in [5.41, 5.74) is 3.38. The van der Waals surface area contributed by atoms with E-state index in [0.29, 0.717) is 12.3 Å². The van der Waals surface area contributed by atoms with E-state index >= 15 is 0 Å². The van der Waals surface area contributed by atoms with Crippen LogP contribution in [0.5, 0.6) is 5.75 Å². The second-order valence-electron chi connectivity index (χ2n) is 6.28. The van der Waals surface area contributed by atoms with E-state index in [1.165, 1.54) is 31.3 Å². The summed E-state index contributed by atoms with van der Waals surface area (Å²) in [4.78, 5) is 12.1. The lowest BCUT2D eigenvalue weighted by molar-refractivity contribution is -0.127. The van der Waals surface area contributed by atoms with Crippen LogP contribution in [0.1, 0.15) is 50.2 Å². The second-order valence-corrected chi connectivity index (χ2v) is 6.66. The van der Waals surface area contributed by atoms with Gasteiger partial charge in [0, 0.05) is 11.6 Å². The van der Waals surface area contributed by atoms with Gasteiger partial charge in [-0.2, -0.15) is 0 Å². The van der Waals surface area contributed by atoms with Crippen molar-refractivity contribution in [3.05, 3.63) is 39.9 Å². The minimum Gasteiger partial charge on any atom is -0.481 e. The second kappa shape index (κ2) is 8.39. The van der Waals surface area contributed by atoms with Gasteiger partial charge < -0.3 is 10.1 Å². The predicted octanol–water partition coefficient (Wildman–Crippen LogP) is 4.73. The Morgan fingerprint density at radius 2 is 2.00 bits per heavy atom. The van der Waals surface area contributed by atoms with Crippen molar-refractivity contribution in [2.75, 3.05) is 6.54 Å². The molecule has 0 unspecified atom stereocenters. The van der Waals surface area contributed by atoms with Crippen LogP contribution in [-0.2, 0) is 4.79 Å². The molecule has 1 amide bonds. The van der Waals surface area contributed by atoms with Crippen molar-refractivity contribution >= 4 is 17.5 Å². The number of halogens is 1. The van der Waals surface area contributed by atoms with E-state index in [9.17, 15) is 4.79 Å². The SMILES string of the molecule is Cc1cc(O[C@@H](C)C(=O)NCCC2=CCCCC2)cc(C)c1Cl. The summed E-state index contributed by atoms with van der Waals surface area (Å²) in [6.07, 6.45) is 7.65. The maximum Gasteiger partial charge on any atom is 0.260 e. The monoisotopic (exact) mass is 335 g/mol. The third-order valence-electron chi connectivity index (χ3n) is 4.22. The average molecular weight is 336 g/mol. The first kappa shape index (κ1) is 17.9. The molecule has 0 bridgehead atoms. The minimum atomic E-state index is -0.518. The Labute approximate surface area is 144 Å². The number of ether oxygens (including phenoxy) is 1. The van der Waals surface area contributed by atoms with Gasteiger partial charge in [-0.05, 0) is 76.1 Å². The highest BCUT2D eigenvalue weighted by Crippen LogP contribution is 2.26. The first-order valence-electron chi connectivity index (χ1n) is 8.36. The van der Waals surface area contributed by atoms with E-state index in [-0.39, 0.29) is 5.91 Å². The fraction of sp³-hybridized carbons (Fsp3) is 0.526.